The van der Waals surface area contributed by atoms with Crippen LogP contribution in [0.15, 0.2) is 12.7 Å². The van der Waals surface area contributed by atoms with E-state index in [4.69, 9.17) is 0 Å². The molecule has 60 valence electrons. The van der Waals surface area contributed by atoms with Crippen LogP contribution < -0.4 is 0 Å². The highest BCUT2D eigenvalue weighted by atomic mass is 15.3. The van der Waals surface area contributed by atoms with Crippen molar-refractivity contribution >= 4 is 0 Å². The summed E-state index contributed by atoms with van der Waals surface area (Å²) in [7, 11) is 2.28. The minimum Gasteiger partial charge on any atom is -0.323 e. The van der Waals surface area contributed by atoms with Crippen LogP contribution in [0.1, 0.15) is 20.3 Å². The molecule has 0 saturated carbocycles. The Morgan fingerprint density at radius 2 is 2.00 bits per heavy atom. The Labute approximate surface area is 64.9 Å². The van der Waals surface area contributed by atoms with E-state index in [0.717, 1.165) is 11.0 Å². The van der Waals surface area contributed by atoms with Crippen LogP contribution in [0.3, 0.4) is 0 Å². The third-order valence-corrected chi connectivity index (χ3v) is 2.10. The third kappa shape index (κ3) is 3.02. The van der Waals surface area contributed by atoms with E-state index < -0.39 is 0 Å². The van der Waals surface area contributed by atoms with Gasteiger partial charge in [0, 0.05) is 0 Å². The van der Waals surface area contributed by atoms with Crippen molar-refractivity contribution in [3.8, 4) is 0 Å². The number of nitrogens with zero attached hydrogens (tertiary/aromatic N) is 1. The molecule has 0 aliphatic heterocycles. The molecule has 1 atom stereocenters. The first-order valence-corrected chi connectivity index (χ1v) is 4.13. The molecule has 0 amide bonds. The van der Waals surface area contributed by atoms with E-state index >= 15 is 0 Å². The fraction of sp³-hybridized carbons (Fsp3) is 0.778. The summed E-state index contributed by atoms with van der Waals surface area (Å²) in [6.07, 6.45) is 3.28. The maximum Gasteiger partial charge on any atom is 0.0968 e. The van der Waals surface area contributed by atoms with Crippen molar-refractivity contribution < 1.29 is 4.48 Å². The number of likely N-dealkylation sites (N-methyl/N-ethyl adjacent to an activating group) is 1. The van der Waals surface area contributed by atoms with Gasteiger partial charge in [0.25, 0.3) is 0 Å². The van der Waals surface area contributed by atoms with Crippen molar-refractivity contribution in [3.63, 3.8) is 0 Å². The standard InChI is InChI=1S/C9H20N/c1-5-8-10(4,7-3)9-6-2/h5H,1,6-9H2,2-4H3/q+1. The molecule has 10 heavy (non-hydrogen) atoms. The lowest BCUT2D eigenvalue weighted by atomic mass is 10.3. The van der Waals surface area contributed by atoms with Crippen LogP contribution in [0, 0.1) is 0 Å². The van der Waals surface area contributed by atoms with Crippen molar-refractivity contribution in [2.24, 2.45) is 0 Å². The van der Waals surface area contributed by atoms with Gasteiger partial charge in [-0.1, -0.05) is 13.5 Å². The maximum absolute atomic E-state index is 3.76. The summed E-state index contributed by atoms with van der Waals surface area (Å²) in [6, 6.07) is 0. The zero-order chi connectivity index (χ0) is 8.04. The van der Waals surface area contributed by atoms with Crippen LogP contribution in [-0.2, 0) is 0 Å². The average molecular weight is 142 g/mol. The molecule has 0 heterocycles. The fourth-order valence-electron chi connectivity index (χ4n) is 1.23. The third-order valence-electron chi connectivity index (χ3n) is 2.10. The monoisotopic (exact) mass is 142 g/mol. The second kappa shape index (κ2) is 4.51. The summed E-state index contributed by atoms with van der Waals surface area (Å²) in [6.45, 7) is 11.8. The topological polar surface area (TPSA) is 0 Å². The van der Waals surface area contributed by atoms with Gasteiger partial charge in [-0.05, 0) is 19.4 Å². The SMILES string of the molecule is C=CC[N+](C)(CC)CCC. The minimum absolute atomic E-state index is 1.10. The number of hydrogen-bond donors (Lipinski definition) is 0. The van der Waals surface area contributed by atoms with Crippen molar-refractivity contribution in [2.75, 3.05) is 26.7 Å². The quantitative estimate of drug-likeness (QED) is 0.407. The lowest BCUT2D eigenvalue weighted by molar-refractivity contribution is -0.902. The second-order valence-electron chi connectivity index (χ2n) is 3.13. The first kappa shape index (κ1) is 9.70. The smallest absolute Gasteiger partial charge is 0.0968 e. The zero-order valence-electron chi connectivity index (χ0n) is 7.56. The Morgan fingerprint density at radius 3 is 2.30 bits per heavy atom. The Hall–Kier alpha value is -0.300. The van der Waals surface area contributed by atoms with Crippen molar-refractivity contribution in [3.05, 3.63) is 12.7 Å². The summed E-state index contributed by atoms with van der Waals surface area (Å²) in [4.78, 5) is 0. The molecule has 0 aromatic rings. The van der Waals surface area contributed by atoms with Gasteiger partial charge in [-0.25, -0.2) is 0 Å². The van der Waals surface area contributed by atoms with Crippen molar-refractivity contribution in [1.29, 1.82) is 0 Å². The number of hydrogen-bond acceptors (Lipinski definition) is 0. The van der Waals surface area contributed by atoms with E-state index in [1.54, 1.807) is 0 Å². The van der Waals surface area contributed by atoms with E-state index in [0.29, 0.717) is 0 Å². The molecule has 0 N–H and O–H groups in total. The molecular formula is C9H20N+. The van der Waals surface area contributed by atoms with E-state index in [1.165, 1.54) is 19.5 Å². The molecule has 0 aliphatic carbocycles. The van der Waals surface area contributed by atoms with E-state index in [-0.39, 0.29) is 0 Å². The van der Waals surface area contributed by atoms with Gasteiger partial charge in [0.2, 0.25) is 0 Å². The Kier molecular flexibility index (Phi) is 4.37. The second-order valence-corrected chi connectivity index (χ2v) is 3.13. The lowest BCUT2D eigenvalue weighted by Gasteiger charge is -2.31. The molecule has 0 radical (unpaired) electrons. The molecule has 1 heteroatoms. The first-order chi connectivity index (χ1) is 4.68. The molecule has 0 aromatic heterocycles. The number of rotatable bonds is 5. The van der Waals surface area contributed by atoms with Gasteiger partial charge >= 0.3 is 0 Å². The highest BCUT2D eigenvalue weighted by Crippen LogP contribution is 2.02. The van der Waals surface area contributed by atoms with Crippen molar-refractivity contribution in [2.45, 2.75) is 20.3 Å². The maximum atomic E-state index is 3.76. The van der Waals surface area contributed by atoms with Gasteiger partial charge in [0.1, 0.15) is 0 Å². The summed E-state index contributed by atoms with van der Waals surface area (Å²) in [5, 5.41) is 0. The van der Waals surface area contributed by atoms with E-state index in [1.807, 2.05) is 6.08 Å². The molecule has 0 aliphatic rings. The molecule has 0 rings (SSSR count). The predicted octanol–water partition coefficient (Wildman–Crippen LogP) is 2.05. The van der Waals surface area contributed by atoms with E-state index in [2.05, 4.69) is 27.5 Å². The van der Waals surface area contributed by atoms with Crippen LogP contribution in [0.25, 0.3) is 0 Å². The highest BCUT2D eigenvalue weighted by molar-refractivity contribution is 4.64. The van der Waals surface area contributed by atoms with Gasteiger partial charge in [-0.3, -0.25) is 0 Å². The van der Waals surface area contributed by atoms with Crippen molar-refractivity contribution in [1.82, 2.24) is 0 Å². The molecule has 0 saturated heterocycles. The molecule has 0 fully saturated rings. The van der Waals surface area contributed by atoms with Crippen LogP contribution >= 0.6 is 0 Å². The lowest BCUT2D eigenvalue weighted by Crippen LogP contribution is -2.44. The molecule has 0 bridgehead atoms. The van der Waals surface area contributed by atoms with Gasteiger partial charge in [0.15, 0.2) is 0 Å². The van der Waals surface area contributed by atoms with Gasteiger partial charge in [0.05, 0.1) is 26.7 Å². The first-order valence-electron chi connectivity index (χ1n) is 4.13. The number of quaternary nitrogens is 1. The van der Waals surface area contributed by atoms with Crippen LogP contribution in [0.2, 0.25) is 0 Å². The van der Waals surface area contributed by atoms with Crippen LogP contribution in [-0.4, -0.2) is 31.2 Å². The minimum atomic E-state index is 1.10. The van der Waals surface area contributed by atoms with E-state index in [9.17, 15) is 0 Å². The average Bonchev–Trinajstić information content (AvgIpc) is 1.89. The Balaban J connectivity index is 3.80. The highest BCUT2D eigenvalue weighted by Gasteiger charge is 2.14. The van der Waals surface area contributed by atoms with Gasteiger partial charge in [-0.15, -0.1) is 0 Å². The summed E-state index contributed by atoms with van der Waals surface area (Å²) < 4.78 is 1.14. The molecule has 0 spiro atoms. The normalized spacial score (nSPS) is 16.3. The summed E-state index contributed by atoms with van der Waals surface area (Å²) in [5.41, 5.74) is 0. The zero-order valence-corrected chi connectivity index (χ0v) is 7.56. The largest absolute Gasteiger partial charge is 0.323 e. The molecular weight excluding hydrogens is 122 g/mol. The predicted molar refractivity (Wildman–Crippen MR) is 46.9 cm³/mol. The molecule has 1 nitrogen and oxygen atoms in total. The Bertz CT molecular complexity index is 98.9. The molecule has 1 unspecified atom stereocenters. The summed E-state index contributed by atoms with van der Waals surface area (Å²) in [5.74, 6) is 0. The van der Waals surface area contributed by atoms with Crippen LogP contribution in [0.5, 0.6) is 0 Å². The Morgan fingerprint density at radius 1 is 1.40 bits per heavy atom. The summed E-state index contributed by atoms with van der Waals surface area (Å²) >= 11 is 0. The van der Waals surface area contributed by atoms with Gasteiger partial charge < -0.3 is 4.48 Å². The molecule has 0 aromatic carbocycles. The fourth-order valence-corrected chi connectivity index (χ4v) is 1.23. The van der Waals surface area contributed by atoms with Crippen LogP contribution in [0.4, 0.5) is 0 Å². The van der Waals surface area contributed by atoms with Gasteiger partial charge in [-0.2, -0.15) is 0 Å².